The van der Waals surface area contributed by atoms with Crippen molar-refractivity contribution < 1.29 is 0 Å². The van der Waals surface area contributed by atoms with Gasteiger partial charge in [-0.05, 0) is 82.9 Å². The van der Waals surface area contributed by atoms with E-state index in [9.17, 15) is 0 Å². The van der Waals surface area contributed by atoms with Gasteiger partial charge in [-0.1, -0.05) is 133 Å². The van der Waals surface area contributed by atoms with Crippen molar-refractivity contribution in [3.8, 4) is 45.3 Å². The fraction of sp³-hybridized carbons (Fsp3) is 0. The lowest BCUT2D eigenvalue weighted by Gasteiger charge is -2.13. The predicted molar refractivity (Wildman–Crippen MR) is 233 cm³/mol. The summed E-state index contributed by atoms with van der Waals surface area (Å²) in [6.07, 6.45) is 0. The number of benzene rings is 8. The maximum Gasteiger partial charge on any atom is 0.221 e. The summed E-state index contributed by atoms with van der Waals surface area (Å²) in [5.74, 6) is 1.72. The first-order chi connectivity index (χ1) is 28.3. The maximum atomic E-state index is 5.36. The van der Waals surface area contributed by atoms with Crippen LogP contribution < -0.4 is 0 Å². The number of nitrogens with zero attached hydrogens (tertiary/aromatic N) is 6. The number of fused-ring (bicyclic) bond motifs is 9. The smallest absolute Gasteiger partial charge is 0.221 e. The molecule has 6 nitrogen and oxygen atoms in total. The molecule has 0 saturated carbocycles. The summed E-state index contributed by atoms with van der Waals surface area (Å²) < 4.78 is 6.79. The molecule has 0 aliphatic carbocycles. The molecule has 4 heterocycles. The molecule has 6 heteroatoms. The van der Waals surface area contributed by atoms with Crippen molar-refractivity contribution in [2.24, 2.45) is 0 Å². The van der Waals surface area contributed by atoms with Gasteiger partial charge in [0.25, 0.3) is 0 Å². The van der Waals surface area contributed by atoms with Crippen LogP contribution in [0.3, 0.4) is 0 Å². The molecule has 0 fully saturated rings. The van der Waals surface area contributed by atoms with E-state index in [1.165, 1.54) is 21.9 Å². The first kappa shape index (κ1) is 31.5. The molecular formula is C51H32N6. The van der Waals surface area contributed by atoms with Gasteiger partial charge < -0.3 is 0 Å². The van der Waals surface area contributed by atoms with Gasteiger partial charge in [-0.3, -0.25) is 13.5 Å². The first-order valence-electron chi connectivity index (χ1n) is 19.2. The molecule has 0 amide bonds. The number of hydrogen-bond acceptors (Lipinski definition) is 3. The van der Waals surface area contributed by atoms with Crippen molar-refractivity contribution in [3.05, 3.63) is 194 Å². The van der Waals surface area contributed by atoms with E-state index in [1.807, 2.05) is 18.2 Å². The van der Waals surface area contributed by atoms with Crippen molar-refractivity contribution in [2.45, 2.75) is 0 Å². The van der Waals surface area contributed by atoms with Crippen LogP contribution in [0.2, 0.25) is 0 Å². The molecular weight excluding hydrogens is 697 g/mol. The number of aromatic nitrogens is 6. The van der Waals surface area contributed by atoms with E-state index in [0.29, 0.717) is 0 Å². The summed E-state index contributed by atoms with van der Waals surface area (Å²) in [4.78, 5) is 15.7. The van der Waals surface area contributed by atoms with Crippen LogP contribution in [-0.2, 0) is 0 Å². The highest BCUT2D eigenvalue weighted by Crippen LogP contribution is 2.37. The molecule has 8 aromatic carbocycles. The lowest BCUT2D eigenvalue weighted by Crippen LogP contribution is -2.06. The van der Waals surface area contributed by atoms with Crippen molar-refractivity contribution in [1.29, 1.82) is 0 Å². The van der Waals surface area contributed by atoms with Crippen molar-refractivity contribution in [3.63, 3.8) is 0 Å². The zero-order valence-electron chi connectivity index (χ0n) is 30.7. The minimum Gasteiger partial charge on any atom is -0.292 e. The van der Waals surface area contributed by atoms with Gasteiger partial charge in [0.05, 0.1) is 38.6 Å². The molecule has 0 aliphatic heterocycles. The topological polar surface area (TPSA) is 52.9 Å². The van der Waals surface area contributed by atoms with Crippen LogP contribution in [0.1, 0.15) is 0 Å². The third kappa shape index (κ3) is 4.87. The third-order valence-electron chi connectivity index (χ3n) is 11.3. The second kappa shape index (κ2) is 12.3. The minimum atomic E-state index is 0.812. The Balaban J connectivity index is 1.01. The lowest BCUT2D eigenvalue weighted by atomic mass is 10.0. The van der Waals surface area contributed by atoms with Gasteiger partial charge in [0.15, 0.2) is 0 Å². The summed E-state index contributed by atoms with van der Waals surface area (Å²) in [5.41, 5.74) is 14.7. The molecule has 0 atom stereocenters. The Kier molecular flexibility index (Phi) is 6.83. The SMILES string of the molecule is c1ccc(-c2ccc(-n3c(-c4ccc(-c5ccc6c7ccccc7n(-c7nc8ccccc8c8nc9ccccc9n78)c6c5)cc4)nc4ccccc43)cc2)cc1. The molecule has 12 rings (SSSR count). The van der Waals surface area contributed by atoms with Crippen LogP contribution in [-0.4, -0.2) is 28.5 Å². The summed E-state index contributed by atoms with van der Waals surface area (Å²) in [6, 6.07) is 68.4. The van der Waals surface area contributed by atoms with Crippen LogP contribution in [0.4, 0.5) is 0 Å². The first-order valence-corrected chi connectivity index (χ1v) is 19.2. The third-order valence-corrected chi connectivity index (χ3v) is 11.3. The molecule has 0 spiro atoms. The summed E-state index contributed by atoms with van der Waals surface area (Å²) >= 11 is 0. The van der Waals surface area contributed by atoms with E-state index < -0.39 is 0 Å². The van der Waals surface area contributed by atoms with E-state index in [1.54, 1.807) is 0 Å². The van der Waals surface area contributed by atoms with E-state index in [4.69, 9.17) is 15.0 Å². The molecule has 0 N–H and O–H groups in total. The van der Waals surface area contributed by atoms with Crippen LogP contribution in [0.15, 0.2) is 194 Å². The average molecular weight is 729 g/mol. The summed E-state index contributed by atoms with van der Waals surface area (Å²) in [7, 11) is 0. The Hall–Kier alpha value is -7.83. The van der Waals surface area contributed by atoms with Crippen molar-refractivity contribution in [2.75, 3.05) is 0 Å². The van der Waals surface area contributed by atoms with Crippen LogP contribution in [0.25, 0.3) is 106 Å². The maximum absolute atomic E-state index is 5.36. The van der Waals surface area contributed by atoms with E-state index in [2.05, 4.69) is 189 Å². The van der Waals surface area contributed by atoms with E-state index in [-0.39, 0.29) is 0 Å². The number of hydrogen-bond donors (Lipinski definition) is 0. The fourth-order valence-electron chi connectivity index (χ4n) is 8.57. The minimum absolute atomic E-state index is 0.812. The zero-order valence-corrected chi connectivity index (χ0v) is 30.7. The number of imidazole rings is 2. The van der Waals surface area contributed by atoms with Crippen molar-refractivity contribution >= 4 is 60.4 Å². The summed E-state index contributed by atoms with van der Waals surface area (Å²) in [6.45, 7) is 0. The molecule has 0 unspecified atom stereocenters. The Morgan fingerprint density at radius 2 is 0.860 bits per heavy atom. The highest BCUT2D eigenvalue weighted by Gasteiger charge is 2.21. The van der Waals surface area contributed by atoms with Gasteiger partial charge in [-0.2, -0.15) is 0 Å². The van der Waals surface area contributed by atoms with Gasteiger partial charge in [0.1, 0.15) is 11.5 Å². The van der Waals surface area contributed by atoms with Gasteiger partial charge in [0, 0.05) is 27.4 Å². The normalized spacial score (nSPS) is 11.9. The van der Waals surface area contributed by atoms with Crippen molar-refractivity contribution in [1.82, 2.24) is 28.5 Å². The Bertz CT molecular complexity index is 3500. The zero-order chi connectivity index (χ0) is 37.5. The molecule has 0 aliphatic rings. The van der Waals surface area contributed by atoms with Gasteiger partial charge in [-0.25, -0.2) is 15.0 Å². The largest absolute Gasteiger partial charge is 0.292 e. The standard InChI is InChI=1S/C51H32N6/c1-2-12-33(13-3-1)34-26-29-38(30-27-34)55-46-20-10-7-17-43(46)52-49(55)36-24-22-35(23-25-36)37-28-31-40-39-14-5-9-19-45(39)56(48(40)32-37)51-54-42-16-6-4-15-41(42)50-53-44-18-8-11-21-47(44)57(50)51/h1-32H. The quantitative estimate of drug-likeness (QED) is 0.177. The Morgan fingerprint density at radius 3 is 1.65 bits per heavy atom. The highest BCUT2D eigenvalue weighted by molar-refractivity contribution is 6.10. The number of para-hydroxylation sites is 6. The monoisotopic (exact) mass is 728 g/mol. The second-order valence-electron chi connectivity index (χ2n) is 14.5. The molecule has 4 aromatic heterocycles. The highest BCUT2D eigenvalue weighted by atomic mass is 15.2. The molecule has 12 aromatic rings. The van der Waals surface area contributed by atoms with Gasteiger partial charge >= 0.3 is 0 Å². The Morgan fingerprint density at radius 1 is 0.316 bits per heavy atom. The van der Waals surface area contributed by atoms with Crippen LogP contribution in [0, 0.1) is 0 Å². The lowest BCUT2D eigenvalue weighted by molar-refractivity contribution is 0.979. The van der Waals surface area contributed by atoms with Gasteiger partial charge in [0.2, 0.25) is 5.95 Å². The number of rotatable bonds is 5. The van der Waals surface area contributed by atoms with Crippen LogP contribution >= 0.6 is 0 Å². The average Bonchev–Trinajstić information content (AvgIpc) is 3.97. The fourth-order valence-corrected chi connectivity index (χ4v) is 8.57. The Labute approximate surface area is 327 Å². The van der Waals surface area contributed by atoms with Crippen LogP contribution in [0.5, 0.6) is 0 Å². The predicted octanol–water partition coefficient (Wildman–Crippen LogP) is 12.5. The second-order valence-corrected chi connectivity index (χ2v) is 14.5. The van der Waals surface area contributed by atoms with E-state index >= 15 is 0 Å². The summed E-state index contributed by atoms with van der Waals surface area (Å²) in [5, 5.41) is 3.37. The molecule has 0 saturated heterocycles. The van der Waals surface area contributed by atoms with E-state index in [0.717, 1.165) is 83.8 Å². The molecule has 0 radical (unpaired) electrons. The molecule has 57 heavy (non-hydrogen) atoms. The molecule has 266 valence electrons. The molecule has 0 bridgehead atoms. The van der Waals surface area contributed by atoms with Gasteiger partial charge in [-0.15, -0.1) is 0 Å².